The number of aryl methyl sites for hydroxylation is 1. The zero-order valence-electron chi connectivity index (χ0n) is 10.7. The number of nitrogens with zero attached hydrogens (tertiary/aromatic N) is 1. The van der Waals surface area contributed by atoms with E-state index >= 15 is 0 Å². The highest BCUT2D eigenvalue weighted by Crippen LogP contribution is 2.18. The first-order chi connectivity index (χ1) is 9.10. The van der Waals surface area contributed by atoms with Gasteiger partial charge in [-0.1, -0.05) is 6.07 Å². The Morgan fingerprint density at radius 1 is 1.53 bits per heavy atom. The van der Waals surface area contributed by atoms with Gasteiger partial charge in [0, 0.05) is 5.56 Å². The number of carbonyl (C=O) groups excluding carboxylic acids is 1. The molecule has 1 amide bonds. The fourth-order valence-electron chi connectivity index (χ4n) is 1.66. The van der Waals surface area contributed by atoms with Crippen LogP contribution in [0.2, 0.25) is 0 Å². The second kappa shape index (κ2) is 5.51. The minimum atomic E-state index is -0.481. The van der Waals surface area contributed by atoms with Gasteiger partial charge >= 0.3 is 0 Å². The number of amides is 1. The normalized spacial score (nSPS) is 10.3. The second-order valence-electron chi connectivity index (χ2n) is 4.12. The van der Waals surface area contributed by atoms with Gasteiger partial charge in [-0.3, -0.25) is 9.89 Å². The number of methoxy groups -OCH3 is 1. The number of benzene rings is 1. The zero-order valence-corrected chi connectivity index (χ0v) is 10.7. The molecule has 0 unspecified atom stereocenters. The highest BCUT2D eigenvalue weighted by atomic mass is 19.1. The van der Waals surface area contributed by atoms with E-state index in [9.17, 15) is 9.18 Å². The maximum absolute atomic E-state index is 13.5. The van der Waals surface area contributed by atoms with Crippen LogP contribution in [0.25, 0.3) is 0 Å². The van der Waals surface area contributed by atoms with Crippen LogP contribution in [0.4, 0.5) is 10.2 Å². The maximum Gasteiger partial charge on any atom is 0.229 e. The van der Waals surface area contributed by atoms with Crippen molar-refractivity contribution in [2.24, 2.45) is 0 Å². The second-order valence-corrected chi connectivity index (χ2v) is 4.12. The van der Waals surface area contributed by atoms with Gasteiger partial charge in [-0.05, 0) is 24.6 Å². The molecule has 0 saturated heterocycles. The molecule has 0 aliphatic carbocycles. The van der Waals surface area contributed by atoms with Crippen molar-refractivity contribution in [1.82, 2.24) is 10.2 Å². The summed E-state index contributed by atoms with van der Waals surface area (Å²) < 4.78 is 18.3. The lowest BCUT2D eigenvalue weighted by molar-refractivity contribution is -0.115. The molecule has 5 nitrogen and oxygen atoms in total. The van der Waals surface area contributed by atoms with Crippen molar-refractivity contribution in [3.05, 3.63) is 41.3 Å². The molecule has 0 atom stereocenters. The predicted octanol–water partition coefficient (Wildman–Crippen LogP) is 2.05. The standard InChI is InChI=1S/C13H14FN3O2/c1-8-7-15-17-13(8)16-12(18)6-9-3-4-11(19-2)10(14)5-9/h3-5,7H,6H2,1-2H3,(H2,15,16,17,18). The van der Waals surface area contributed by atoms with Gasteiger partial charge in [0.1, 0.15) is 5.82 Å². The number of rotatable bonds is 4. The van der Waals surface area contributed by atoms with Gasteiger partial charge in [0.05, 0.1) is 19.7 Å². The highest BCUT2D eigenvalue weighted by Gasteiger charge is 2.09. The van der Waals surface area contributed by atoms with Gasteiger partial charge in [0.2, 0.25) is 5.91 Å². The predicted molar refractivity (Wildman–Crippen MR) is 68.6 cm³/mol. The molecular weight excluding hydrogens is 249 g/mol. The Kier molecular flexibility index (Phi) is 3.79. The third-order valence-corrected chi connectivity index (χ3v) is 2.67. The summed E-state index contributed by atoms with van der Waals surface area (Å²) in [7, 11) is 1.39. The Hall–Kier alpha value is -2.37. The summed E-state index contributed by atoms with van der Waals surface area (Å²) in [6, 6.07) is 4.44. The Morgan fingerprint density at radius 2 is 2.32 bits per heavy atom. The summed E-state index contributed by atoms with van der Waals surface area (Å²) in [4.78, 5) is 11.8. The molecule has 100 valence electrons. The van der Waals surface area contributed by atoms with Crippen LogP contribution in [0.3, 0.4) is 0 Å². The molecule has 1 heterocycles. The van der Waals surface area contributed by atoms with Crippen LogP contribution in [-0.2, 0) is 11.2 Å². The van der Waals surface area contributed by atoms with Gasteiger partial charge < -0.3 is 10.1 Å². The number of hydrogen-bond acceptors (Lipinski definition) is 3. The average Bonchev–Trinajstić information content (AvgIpc) is 2.75. The van der Waals surface area contributed by atoms with E-state index in [1.54, 1.807) is 12.3 Å². The molecule has 1 aromatic heterocycles. The van der Waals surface area contributed by atoms with Crippen molar-refractivity contribution < 1.29 is 13.9 Å². The number of H-pyrrole nitrogens is 1. The molecule has 0 aliphatic rings. The quantitative estimate of drug-likeness (QED) is 0.887. The van der Waals surface area contributed by atoms with Gasteiger partial charge in [-0.15, -0.1) is 0 Å². The van der Waals surface area contributed by atoms with Crippen molar-refractivity contribution in [3.63, 3.8) is 0 Å². The van der Waals surface area contributed by atoms with Crippen molar-refractivity contribution >= 4 is 11.7 Å². The number of ether oxygens (including phenoxy) is 1. The van der Waals surface area contributed by atoms with Gasteiger partial charge in [-0.2, -0.15) is 5.10 Å². The molecule has 0 aliphatic heterocycles. The number of carbonyl (C=O) groups is 1. The first-order valence-corrected chi connectivity index (χ1v) is 5.72. The lowest BCUT2D eigenvalue weighted by atomic mass is 10.1. The summed E-state index contributed by atoms with van der Waals surface area (Å²) in [5.74, 6) is -0.00464. The average molecular weight is 263 g/mol. The summed E-state index contributed by atoms with van der Waals surface area (Å²) in [5, 5.41) is 9.15. The van der Waals surface area contributed by atoms with E-state index in [2.05, 4.69) is 15.5 Å². The summed E-state index contributed by atoms with van der Waals surface area (Å²) >= 11 is 0. The largest absolute Gasteiger partial charge is 0.494 e. The molecule has 0 saturated carbocycles. The smallest absolute Gasteiger partial charge is 0.229 e. The molecule has 0 bridgehead atoms. The van der Waals surface area contributed by atoms with Gasteiger partial charge in [0.25, 0.3) is 0 Å². The van der Waals surface area contributed by atoms with E-state index in [0.717, 1.165) is 5.56 Å². The third-order valence-electron chi connectivity index (χ3n) is 2.67. The molecule has 0 radical (unpaired) electrons. The first-order valence-electron chi connectivity index (χ1n) is 5.72. The van der Waals surface area contributed by atoms with E-state index in [1.807, 2.05) is 6.92 Å². The van der Waals surface area contributed by atoms with Crippen molar-refractivity contribution in [2.45, 2.75) is 13.3 Å². The zero-order chi connectivity index (χ0) is 13.8. The number of anilines is 1. The monoisotopic (exact) mass is 263 g/mol. The molecular formula is C13H14FN3O2. The van der Waals surface area contributed by atoms with Crippen LogP contribution in [0.1, 0.15) is 11.1 Å². The summed E-state index contributed by atoms with van der Waals surface area (Å²) in [6.45, 7) is 1.83. The van der Waals surface area contributed by atoms with Crippen molar-refractivity contribution in [2.75, 3.05) is 12.4 Å². The number of aromatic amines is 1. The molecule has 0 fully saturated rings. The number of nitrogens with one attached hydrogen (secondary N) is 2. The van der Waals surface area contributed by atoms with E-state index in [4.69, 9.17) is 4.74 Å². The lowest BCUT2D eigenvalue weighted by Crippen LogP contribution is -2.15. The molecule has 6 heteroatoms. The lowest BCUT2D eigenvalue weighted by Gasteiger charge is -2.06. The van der Waals surface area contributed by atoms with Gasteiger partial charge in [0.15, 0.2) is 11.6 Å². The van der Waals surface area contributed by atoms with Crippen LogP contribution in [0.5, 0.6) is 5.75 Å². The summed E-state index contributed by atoms with van der Waals surface area (Å²) in [6.07, 6.45) is 1.70. The van der Waals surface area contributed by atoms with Crippen LogP contribution < -0.4 is 10.1 Å². The van der Waals surface area contributed by atoms with E-state index in [-0.39, 0.29) is 18.1 Å². The molecule has 2 rings (SSSR count). The molecule has 2 aromatic rings. The Morgan fingerprint density at radius 3 is 2.89 bits per heavy atom. The minimum Gasteiger partial charge on any atom is -0.494 e. The van der Waals surface area contributed by atoms with E-state index in [0.29, 0.717) is 11.4 Å². The summed E-state index contributed by atoms with van der Waals surface area (Å²) in [5.41, 5.74) is 1.42. The fourth-order valence-corrected chi connectivity index (χ4v) is 1.66. The molecule has 2 N–H and O–H groups in total. The van der Waals surface area contributed by atoms with Crippen LogP contribution in [-0.4, -0.2) is 23.2 Å². The Bertz CT molecular complexity index is 595. The Labute approximate surface area is 109 Å². The Balaban J connectivity index is 2.03. The maximum atomic E-state index is 13.5. The van der Waals surface area contributed by atoms with Crippen LogP contribution in [0, 0.1) is 12.7 Å². The van der Waals surface area contributed by atoms with E-state index < -0.39 is 5.82 Å². The number of halogens is 1. The molecule has 19 heavy (non-hydrogen) atoms. The van der Waals surface area contributed by atoms with Gasteiger partial charge in [-0.25, -0.2) is 4.39 Å². The van der Waals surface area contributed by atoms with Crippen LogP contribution >= 0.6 is 0 Å². The molecule has 1 aromatic carbocycles. The number of hydrogen-bond donors (Lipinski definition) is 2. The van der Waals surface area contributed by atoms with Crippen molar-refractivity contribution in [1.29, 1.82) is 0 Å². The SMILES string of the molecule is COc1ccc(CC(=O)Nc2[nH]ncc2C)cc1F. The van der Waals surface area contributed by atoms with Crippen LogP contribution in [0.15, 0.2) is 24.4 Å². The van der Waals surface area contributed by atoms with Crippen molar-refractivity contribution in [3.8, 4) is 5.75 Å². The topological polar surface area (TPSA) is 67.0 Å². The third kappa shape index (κ3) is 3.09. The fraction of sp³-hybridized carbons (Fsp3) is 0.231. The minimum absolute atomic E-state index is 0.0827. The first kappa shape index (κ1) is 13.1. The van der Waals surface area contributed by atoms with E-state index in [1.165, 1.54) is 19.2 Å². The highest BCUT2D eigenvalue weighted by molar-refractivity contribution is 5.91. The number of aromatic nitrogens is 2. The molecule has 0 spiro atoms.